The third kappa shape index (κ3) is 9.18. The van der Waals surface area contributed by atoms with Crippen LogP contribution in [0.25, 0.3) is 0 Å². The summed E-state index contributed by atoms with van der Waals surface area (Å²) in [5, 5.41) is 0. The van der Waals surface area contributed by atoms with Gasteiger partial charge in [-0.2, -0.15) is 8.42 Å². The Morgan fingerprint density at radius 1 is 1.15 bits per heavy atom. The molecule has 2 aromatic rings. The Labute approximate surface area is 201 Å². The van der Waals surface area contributed by atoms with Crippen LogP contribution in [0.5, 0.6) is 11.5 Å². The Morgan fingerprint density at radius 3 is 2.37 bits per heavy atom. The number of ether oxygens (including phenoxy) is 1. The SMILES string of the molecule is O=[P+](O)OC(CCCc1cccc(Oc2cccc(F)c2)c1)S(=O)(=O)O.[H-].[K+]. The van der Waals surface area contributed by atoms with Crippen LogP contribution in [-0.2, 0) is 25.6 Å². The average molecular weight is 443 g/mol. The number of hydrogen-bond donors (Lipinski definition) is 2. The van der Waals surface area contributed by atoms with Crippen LogP contribution in [0.3, 0.4) is 0 Å². The van der Waals surface area contributed by atoms with Crippen molar-refractivity contribution >= 4 is 18.4 Å². The van der Waals surface area contributed by atoms with Gasteiger partial charge in [-0.05, 0) is 49.1 Å². The predicted molar refractivity (Wildman–Crippen MR) is 93.2 cm³/mol. The van der Waals surface area contributed by atoms with Crippen molar-refractivity contribution in [3.05, 3.63) is 59.9 Å². The van der Waals surface area contributed by atoms with Gasteiger partial charge in [0.15, 0.2) is 0 Å². The molecule has 0 aromatic heterocycles. The molecule has 2 rings (SSSR count). The van der Waals surface area contributed by atoms with E-state index in [9.17, 15) is 17.4 Å². The molecule has 0 heterocycles. The molecule has 0 radical (unpaired) electrons. The summed E-state index contributed by atoms with van der Waals surface area (Å²) in [5.74, 6) is 0.403. The number of hydrogen-bond acceptors (Lipinski definition) is 5. The Morgan fingerprint density at radius 2 is 1.78 bits per heavy atom. The second-order valence-electron chi connectivity index (χ2n) is 5.39. The minimum absolute atomic E-state index is 0. The van der Waals surface area contributed by atoms with E-state index in [2.05, 4.69) is 4.52 Å². The summed E-state index contributed by atoms with van der Waals surface area (Å²) in [5.41, 5.74) is -0.954. The smallest absolute Gasteiger partial charge is 1.00 e. The third-order valence-electron chi connectivity index (χ3n) is 3.38. The van der Waals surface area contributed by atoms with Gasteiger partial charge in [0.05, 0.1) is 0 Å². The molecule has 0 amide bonds. The maximum atomic E-state index is 13.2. The van der Waals surface area contributed by atoms with Gasteiger partial charge in [0.1, 0.15) is 17.3 Å². The van der Waals surface area contributed by atoms with Crippen molar-refractivity contribution in [1.82, 2.24) is 0 Å². The summed E-state index contributed by atoms with van der Waals surface area (Å²) in [6.45, 7) is 0. The number of halogens is 1. The van der Waals surface area contributed by atoms with Gasteiger partial charge >= 0.3 is 59.6 Å². The van der Waals surface area contributed by atoms with Crippen molar-refractivity contribution in [3.63, 3.8) is 0 Å². The summed E-state index contributed by atoms with van der Waals surface area (Å²) in [4.78, 5) is 8.67. The molecule has 2 unspecified atom stereocenters. The minimum atomic E-state index is -4.59. The molecule has 0 fully saturated rings. The van der Waals surface area contributed by atoms with Crippen LogP contribution in [0.15, 0.2) is 48.5 Å². The topological polar surface area (TPSA) is 110 Å². The first-order valence-electron chi connectivity index (χ1n) is 7.55. The van der Waals surface area contributed by atoms with E-state index in [-0.39, 0.29) is 65.7 Å². The largest absolute Gasteiger partial charge is 1.00 e. The second-order valence-corrected chi connectivity index (χ2v) is 7.63. The van der Waals surface area contributed by atoms with Crippen molar-refractivity contribution in [3.8, 4) is 11.5 Å². The number of aryl methyl sites for hydroxylation is 1. The molecule has 142 valence electrons. The van der Waals surface area contributed by atoms with Crippen LogP contribution in [0.2, 0.25) is 0 Å². The van der Waals surface area contributed by atoms with E-state index >= 15 is 0 Å². The van der Waals surface area contributed by atoms with Gasteiger partial charge in [-0.1, -0.05) is 22.7 Å². The van der Waals surface area contributed by atoms with Gasteiger partial charge in [0.25, 0.3) is 10.1 Å². The van der Waals surface area contributed by atoms with E-state index in [4.69, 9.17) is 14.2 Å². The molecular weight excluding hydrogens is 425 g/mol. The zero-order valence-corrected chi connectivity index (χ0v) is 19.3. The molecule has 0 saturated heterocycles. The van der Waals surface area contributed by atoms with E-state index in [1.165, 1.54) is 18.2 Å². The molecule has 0 aliphatic heterocycles. The van der Waals surface area contributed by atoms with Crippen LogP contribution in [0, 0.1) is 5.82 Å². The molecule has 7 nitrogen and oxygen atoms in total. The number of benzene rings is 2. The first kappa shape index (κ1) is 24.8. The normalized spacial score (nSPS) is 12.8. The minimum Gasteiger partial charge on any atom is -1.00 e. The van der Waals surface area contributed by atoms with Gasteiger partial charge in [-0.25, -0.2) is 4.39 Å². The van der Waals surface area contributed by atoms with Gasteiger partial charge < -0.3 is 6.16 Å². The van der Waals surface area contributed by atoms with Crippen LogP contribution < -0.4 is 56.1 Å². The van der Waals surface area contributed by atoms with Crippen LogP contribution in [0.4, 0.5) is 4.39 Å². The molecule has 0 aliphatic carbocycles. The zero-order chi connectivity index (χ0) is 19.2. The van der Waals surface area contributed by atoms with Crippen molar-refractivity contribution in [1.29, 1.82) is 0 Å². The fourth-order valence-corrected chi connectivity index (χ4v) is 3.69. The maximum absolute atomic E-state index is 13.2. The summed E-state index contributed by atoms with van der Waals surface area (Å²) in [7, 11) is -7.74. The van der Waals surface area contributed by atoms with Gasteiger partial charge in [0, 0.05) is 10.6 Å². The molecular formula is C16H18FKO7PS+. The summed E-state index contributed by atoms with van der Waals surface area (Å²) >= 11 is 0. The van der Waals surface area contributed by atoms with E-state index in [0.29, 0.717) is 17.9 Å². The van der Waals surface area contributed by atoms with E-state index in [1.807, 2.05) is 0 Å². The maximum Gasteiger partial charge on any atom is 1.00 e. The Balaban J connectivity index is 0.00000364. The molecule has 27 heavy (non-hydrogen) atoms. The first-order chi connectivity index (χ1) is 12.2. The summed E-state index contributed by atoms with van der Waals surface area (Å²) in [6, 6.07) is 12.6. The standard InChI is InChI=1S/C16H16FO7PS.K.H/c17-13-6-3-8-15(11-13)23-14-7-1-4-12(10-14)5-2-9-16(24-25(18)19)26(20,21)22;;/h1,3-4,6-8,10-11,16H,2,5,9H2,(H-,18,19,20,21,22);;/q;+1;-1/p+1. The Hall–Kier alpha value is -0.264. The molecule has 0 bridgehead atoms. The molecule has 2 aromatic carbocycles. The van der Waals surface area contributed by atoms with Crippen molar-refractivity contribution in [2.75, 3.05) is 0 Å². The Bertz CT molecular complexity index is 885. The molecule has 0 spiro atoms. The molecule has 11 heteroatoms. The number of rotatable bonds is 9. The van der Waals surface area contributed by atoms with E-state index in [0.717, 1.165) is 5.56 Å². The third-order valence-corrected chi connectivity index (χ3v) is 4.95. The fourth-order valence-electron chi connectivity index (χ4n) is 2.26. The molecule has 2 atom stereocenters. The summed E-state index contributed by atoms with van der Waals surface area (Å²) in [6.07, 6.45) is 0.532. The average Bonchev–Trinajstić information content (AvgIpc) is 2.53. The fraction of sp³-hybridized carbons (Fsp3) is 0.250. The monoisotopic (exact) mass is 443 g/mol. The molecule has 0 saturated carbocycles. The van der Waals surface area contributed by atoms with E-state index < -0.39 is 29.6 Å². The Kier molecular flexibility index (Phi) is 10.7. The van der Waals surface area contributed by atoms with Crippen molar-refractivity contribution in [2.45, 2.75) is 24.7 Å². The molecule has 2 N–H and O–H groups in total. The zero-order valence-electron chi connectivity index (χ0n) is 15.5. The van der Waals surface area contributed by atoms with Crippen LogP contribution >= 0.6 is 8.25 Å². The van der Waals surface area contributed by atoms with E-state index in [1.54, 1.807) is 30.3 Å². The predicted octanol–water partition coefficient (Wildman–Crippen LogP) is 0.937. The van der Waals surface area contributed by atoms with Crippen LogP contribution in [-0.4, -0.2) is 23.3 Å². The first-order valence-corrected chi connectivity index (χ1v) is 10.2. The second kappa shape index (κ2) is 11.7. The van der Waals surface area contributed by atoms with Crippen molar-refractivity contribution < 1.29 is 88.9 Å². The quantitative estimate of drug-likeness (QED) is 0.337. The van der Waals surface area contributed by atoms with Gasteiger partial charge in [-0.15, -0.1) is 4.89 Å². The summed E-state index contributed by atoms with van der Waals surface area (Å²) < 4.78 is 65.0. The van der Waals surface area contributed by atoms with Crippen molar-refractivity contribution in [2.24, 2.45) is 0 Å². The van der Waals surface area contributed by atoms with Gasteiger partial charge in [-0.3, -0.25) is 4.55 Å². The van der Waals surface area contributed by atoms with Gasteiger partial charge in [0.2, 0.25) is 5.44 Å². The van der Waals surface area contributed by atoms with Crippen LogP contribution in [0.1, 0.15) is 19.8 Å². The molecule has 0 aliphatic rings.